The zero-order valence-corrected chi connectivity index (χ0v) is 69.0. The molecule has 0 spiro atoms. The van der Waals surface area contributed by atoms with E-state index in [1.807, 2.05) is 67.6 Å². The lowest BCUT2D eigenvalue weighted by atomic mass is 9.50. The van der Waals surface area contributed by atoms with Crippen molar-refractivity contribution in [3.8, 4) is 45.8 Å². The highest BCUT2D eigenvalue weighted by Crippen LogP contribution is 2.42. The largest absolute Gasteiger partial charge is 0.497 e. The molecular formula is C98H114B2N6O5. The highest BCUT2D eigenvalue weighted by Gasteiger charge is 2.39. The van der Waals surface area contributed by atoms with Crippen LogP contribution in [0.15, 0.2) is 215 Å². The maximum atomic E-state index is 12.9. The minimum Gasteiger partial charge on any atom is -0.497 e. The van der Waals surface area contributed by atoms with Crippen LogP contribution in [0.5, 0.6) is 17.2 Å². The normalized spacial score (nSPS) is 14.5. The van der Waals surface area contributed by atoms with Crippen LogP contribution >= 0.6 is 0 Å². The number of hydrogen-bond donors (Lipinski definition) is 0. The Bertz CT molecular complexity index is 5210. The van der Waals surface area contributed by atoms with E-state index in [-0.39, 0.29) is 56.5 Å². The molecule has 12 aromatic rings. The summed E-state index contributed by atoms with van der Waals surface area (Å²) in [6.45, 7) is 49.5. The average Bonchev–Trinajstić information content (AvgIpc) is 1.52. The fraction of sp³-hybridized carbons (Fsp3) is 0.388. The molecule has 11 nitrogen and oxygen atoms in total. The highest BCUT2D eigenvalue weighted by molar-refractivity contribution is 6.85. The fourth-order valence-corrected chi connectivity index (χ4v) is 17.7. The molecule has 0 amide bonds. The van der Waals surface area contributed by atoms with E-state index in [0.717, 1.165) is 89.9 Å². The van der Waals surface area contributed by atoms with Crippen LogP contribution in [0.3, 0.4) is 0 Å². The summed E-state index contributed by atoms with van der Waals surface area (Å²) in [6, 6.07) is 73.5. The average molecular weight is 1480 g/mol. The standard InChI is InChI=1S/C98H114B2N6O5/c1-65-48-52-84-82(54-65)103-93(110-84)81(62-101)91-86-87(90(105(91)99(74-36-24-20-25-37-74)75-38-26-21-27-39-75)71-35-33-45-80(56-71)109-64-73(69(5)61-98(15,16)17)50-47-67(3)59-96(9,10)11)92(88(102-18)94-104-83-57-78(107-19)51-53-85(83)111-94)106(100(76-40-28-22-29-41-76)77-42-30-23-31-43-77)89(86)70-34-32-44-79(55-70)108-63-72(68(4)60-97(12,13)14)49-46-66(2)58-95(6,7)8/h20-45,48,51-57,66-69,72-73H,46-47,49-50,58-61,63-64H2,1-17,19H3/b91-81-,92-88+. The molecule has 0 bridgehead atoms. The Morgan fingerprint density at radius 2 is 0.865 bits per heavy atom. The van der Waals surface area contributed by atoms with Gasteiger partial charge in [0.1, 0.15) is 39.9 Å². The molecule has 111 heavy (non-hydrogen) atoms. The van der Waals surface area contributed by atoms with E-state index in [0.29, 0.717) is 109 Å². The Labute approximate surface area is 661 Å². The molecule has 13 heteroatoms. The molecule has 0 aliphatic rings. The number of benzene rings is 8. The van der Waals surface area contributed by atoms with Crippen LogP contribution in [-0.4, -0.2) is 52.9 Å². The second kappa shape index (κ2) is 34.2. The third-order valence-corrected chi connectivity index (χ3v) is 22.0. The van der Waals surface area contributed by atoms with Gasteiger partial charge in [0.25, 0.3) is 5.70 Å². The smallest absolute Gasteiger partial charge is 0.328 e. The molecule has 6 atom stereocenters. The van der Waals surface area contributed by atoms with Gasteiger partial charge in [-0.3, -0.25) is 0 Å². The molecule has 0 aliphatic heterocycles. The van der Waals surface area contributed by atoms with E-state index in [4.69, 9.17) is 37.9 Å². The van der Waals surface area contributed by atoms with Crippen molar-refractivity contribution in [2.24, 2.45) is 57.2 Å². The first-order chi connectivity index (χ1) is 52.9. The number of nitrogens with zero attached hydrogens (tertiary/aromatic N) is 6. The van der Waals surface area contributed by atoms with Crippen molar-refractivity contribution >= 4 is 79.8 Å². The van der Waals surface area contributed by atoms with Gasteiger partial charge in [-0.15, -0.1) is 0 Å². The van der Waals surface area contributed by atoms with Crippen LogP contribution in [0.4, 0.5) is 0 Å². The van der Waals surface area contributed by atoms with Gasteiger partial charge in [0.15, 0.2) is 11.2 Å². The first-order valence-electron chi connectivity index (χ1n) is 40.3. The van der Waals surface area contributed by atoms with Crippen LogP contribution in [-0.2, 0) is 0 Å². The summed E-state index contributed by atoms with van der Waals surface area (Å²) >= 11 is 0. The second-order valence-electron chi connectivity index (χ2n) is 36.7. The van der Waals surface area contributed by atoms with E-state index in [1.165, 1.54) is 0 Å². The van der Waals surface area contributed by atoms with Crippen LogP contribution in [0.25, 0.3) is 71.6 Å². The summed E-state index contributed by atoms with van der Waals surface area (Å²) in [5, 5.41) is 15.2. The number of hydrogen-bond acceptors (Lipinski definition) is 8. The van der Waals surface area contributed by atoms with Crippen molar-refractivity contribution in [3.05, 3.63) is 246 Å². The molecule has 4 heterocycles. The lowest BCUT2D eigenvalue weighted by molar-refractivity contribution is 0.147. The second-order valence-corrected chi connectivity index (χ2v) is 36.7. The maximum absolute atomic E-state index is 12.9. The van der Waals surface area contributed by atoms with Crippen molar-refractivity contribution in [2.75, 3.05) is 20.3 Å². The van der Waals surface area contributed by atoms with Crippen LogP contribution in [0, 0.1) is 82.0 Å². The van der Waals surface area contributed by atoms with Gasteiger partial charge < -0.3 is 32.0 Å². The molecule has 0 aliphatic carbocycles. The summed E-state index contributed by atoms with van der Waals surface area (Å²) in [5.41, 5.74) is 10.9. The van der Waals surface area contributed by atoms with Gasteiger partial charge in [0, 0.05) is 39.4 Å². The molecule has 12 rings (SSSR count). The third-order valence-electron chi connectivity index (χ3n) is 22.0. The first-order valence-corrected chi connectivity index (χ1v) is 40.3. The lowest BCUT2D eigenvalue weighted by Crippen LogP contribution is -2.54. The van der Waals surface area contributed by atoms with Crippen molar-refractivity contribution in [3.63, 3.8) is 0 Å². The number of nitriles is 1. The molecule has 6 unspecified atom stereocenters. The molecule has 0 radical (unpaired) electrons. The Morgan fingerprint density at radius 1 is 0.468 bits per heavy atom. The summed E-state index contributed by atoms with van der Waals surface area (Å²) in [4.78, 5) is 15.4. The summed E-state index contributed by atoms with van der Waals surface area (Å²) < 4.78 is 39.3. The molecular weight excluding hydrogens is 1360 g/mol. The van der Waals surface area contributed by atoms with Crippen molar-refractivity contribution in [1.82, 2.24) is 18.9 Å². The van der Waals surface area contributed by atoms with Crippen LogP contribution < -0.4 is 46.8 Å². The fourth-order valence-electron chi connectivity index (χ4n) is 17.7. The van der Waals surface area contributed by atoms with E-state index in [9.17, 15) is 11.8 Å². The van der Waals surface area contributed by atoms with E-state index >= 15 is 0 Å². The van der Waals surface area contributed by atoms with Crippen molar-refractivity contribution < 1.29 is 23.0 Å². The lowest BCUT2D eigenvalue weighted by Gasteiger charge is -2.31. The SMILES string of the molecule is [C-]#[N+]/C(c1nc2cc(OC)ccc2o1)=c1\c2c(-c3cccc(OCC(CCC(C)CC(C)(C)C)C(C)CC(C)(C)C)c3)n(B(c3ccccc3)c3ccccc3)/c(=C(/C#N)c3nc4cc(C)ccc4o3)c2c(-c2cccc(OCC(CCC(C)CC(C)(C)C)C(C)CC(C)(C)C)c2)n1B(c1ccccc1)c1ccccc1. The molecule has 0 fully saturated rings. The number of rotatable bonds is 29. The van der Waals surface area contributed by atoms with Gasteiger partial charge in [-0.25, -0.2) is 14.8 Å². The summed E-state index contributed by atoms with van der Waals surface area (Å²) in [7, 11) is 1.64. The Hall–Kier alpha value is -10.2. The molecule has 8 aromatic carbocycles. The van der Waals surface area contributed by atoms with Gasteiger partial charge in [-0.2, -0.15) is 5.26 Å². The quantitative estimate of drug-likeness (QED) is 0.0336. The number of methoxy groups -OCH3 is 1. The molecule has 572 valence electrons. The highest BCUT2D eigenvalue weighted by atomic mass is 16.5. The van der Waals surface area contributed by atoms with Crippen LogP contribution in [0.2, 0.25) is 0 Å². The summed E-state index contributed by atoms with van der Waals surface area (Å²) in [5.74, 6) is 4.57. The summed E-state index contributed by atoms with van der Waals surface area (Å²) in [6.07, 6.45) is 8.62. The molecule has 4 aromatic heterocycles. The topological polar surface area (TPSA) is 118 Å². The van der Waals surface area contributed by atoms with Gasteiger partial charge in [-0.1, -0.05) is 297 Å². The zero-order chi connectivity index (χ0) is 79.1. The Kier molecular flexibility index (Phi) is 24.7. The minimum atomic E-state index is -0.660. The Morgan fingerprint density at radius 3 is 1.28 bits per heavy atom. The van der Waals surface area contributed by atoms with E-state index < -0.39 is 13.7 Å². The minimum absolute atomic E-state index is 0.107. The number of aryl methyl sites for hydroxylation is 1. The molecule has 0 saturated carbocycles. The predicted octanol–water partition coefficient (Wildman–Crippen LogP) is 21.3. The number of fused-ring (bicyclic) bond motifs is 3. The van der Waals surface area contributed by atoms with E-state index in [2.05, 4.69) is 271 Å². The third kappa shape index (κ3) is 19.4. The zero-order valence-electron chi connectivity index (χ0n) is 69.0. The van der Waals surface area contributed by atoms with Gasteiger partial charge in [-0.05, 0) is 157 Å². The van der Waals surface area contributed by atoms with Crippen molar-refractivity contribution in [2.45, 2.75) is 169 Å². The van der Waals surface area contributed by atoms with Crippen molar-refractivity contribution in [1.29, 1.82) is 5.26 Å². The monoisotopic (exact) mass is 1480 g/mol. The van der Waals surface area contributed by atoms with Gasteiger partial charge in [0.05, 0.1) is 37.6 Å². The maximum Gasteiger partial charge on any atom is 0.328 e. The Balaban J connectivity index is 1.28. The molecule has 0 saturated heterocycles. The number of oxazole rings is 2. The number of ether oxygens (including phenoxy) is 3. The van der Waals surface area contributed by atoms with Gasteiger partial charge in [0.2, 0.25) is 11.8 Å². The number of aromatic nitrogens is 4. The van der Waals surface area contributed by atoms with Crippen LogP contribution in [0.1, 0.15) is 179 Å². The van der Waals surface area contributed by atoms with E-state index in [1.54, 1.807) is 7.11 Å². The van der Waals surface area contributed by atoms with Gasteiger partial charge >= 0.3 is 13.7 Å². The molecule has 0 N–H and O–H groups in total. The first kappa shape index (κ1) is 80.3. The predicted molar refractivity (Wildman–Crippen MR) is 463 cm³/mol.